The van der Waals surface area contributed by atoms with E-state index >= 15 is 0 Å². The molecule has 0 aromatic carbocycles. The number of amides is 1. The number of halogens is 1. The summed E-state index contributed by atoms with van der Waals surface area (Å²) in [4.78, 5) is 14.4. The van der Waals surface area contributed by atoms with Gasteiger partial charge < -0.3 is 4.90 Å². The smallest absolute Gasteiger partial charge is 0.233 e. The van der Waals surface area contributed by atoms with Gasteiger partial charge in [-0.15, -0.1) is 0 Å². The Kier molecular flexibility index (Phi) is 13.6. The summed E-state index contributed by atoms with van der Waals surface area (Å²) in [5, 5.41) is 0.460. The van der Waals surface area contributed by atoms with Gasteiger partial charge >= 0.3 is 0 Å². The van der Waals surface area contributed by atoms with Gasteiger partial charge in [-0.1, -0.05) is 82.1 Å². The van der Waals surface area contributed by atoms with Crippen LogP contribution in [0.5, 0.6) is 0 Å². The maximum Gasteiger partial charge on any atom is 0.233 e. The van der Waals surface area contributed by atoms with Gasteiger partial charge in [-0.25, -0.2) is 0 Å². The second kappa shape index (κ2) is 13.6. The third kappa shape index (κ3) is 9.55. The van der Waals surface area contributed by atoms with Gasteiger partial charge in [0.05, 0.1) is 5.33 Å². The lowest BCUT2D eigenvalue weighted by Gasteiger charge is -2.30. The minimum absolute atomic E-state index is 0.264. The van der Waals surface area contributed by atoms with Gasteiger partial charge in [-0.05, 0) is 24.7 Å². The van der Waals surface area contributed by atoms with E-state index < -0.39 is 0 Å². The van der Waals surface area contributed by atoms with Gasteiger partial charge in [0.15, 0.2) is 0 Å². The summed E-state index contributed by atoms with van der Waals surface area (Å²) in [5.41, 5.74) is 0. The summed E-state index contributed by atoms with van der Waals surface area (Å²) in [6, 6.07) is 0. The van der Waals surface area contributed by atoms with Crippen molar-refractivity contribution in [2.24, 2.45) is 11.8 Å². The van der Waals surface area contributed by atoms with Crippen LogP contribution < -0.4 is 0 Å². The first-order chi connectivity index (χ1) is 10.1. The molecule has 1 amide bonds. The zero-order valence-electron chi connectivity index (χ0n) is 14.7. The lowest BCUT2D eigenvalue weighted by Crippen LogP contribution is -2.39. The number of hydrogen-bond acceptors (Lipinski definition) is 1. The topological polar surface area (TPSA) is 20.3 Å². The quantitative estimate of drug-likeness (QED) is 0.388. The predicted molar refractivity (Wildman–Crippen MR) is 97.0 cm³/mol. The molecule has 0 radical (unpaired) electrons. The van der Waals surface area contributed by atoms with Gasteiger partial charge in [-0.2, -0.15) is 0 Å². The van der Waals surface area contributed by atoms with E-state index in [4.69, 9.17) is 0 Å². The predicted octanol–water partition coefficient (Wildman–Crippen LogP) is 5.64. The highest BCUT2D eigenvalue weighted by Crippen LogP contribution is 2.19. The summed E-state index contributed by atoms with van der Waals surface area (Å²) in [6.07, 6.45) is 9.92. The van der Waals surface area contributed by atoms with E-state index in [9.17, 15) is 4.79 Å². The molecule has 0 N–H and O–H groups in total. The van der Waals surface area contributed by atoms with Crippen LogP contribution in [0.3, 0.4) is 0 Å². The highest BCUT2D eigenvalue weighted by atomic mass is 79.9. The lowest BCUT2D eigenvalue weighted by atomic mass is 9.95. The maximum absolute atomic E-state index is 12.2. The van der Waals surface area contributed by atoms with E-state index in [1.54, 1.807) is 0 Å². The monoisotopic (exact) mass is 361 g/mol. The van der Waals surface area contributed by atoms with Crippen LogP contribution in [0.4, 0.5) is 0 Å². The van der Waals surface area contributed by atoms with Crippen LogP contribution in [0.15, 0.2) is 0 Å². The fourth-order valence-electron chi connectivity index (χ4n) is 2.82. The summed E-state index contributed by atoms with van der Waals surface area (Å²) in [6.45, 7) is 10.9. The van der Waals surface area contributed by atoms with Crippen LogP contribution in [0, 0.1) is 11.8 Å². The molecule has 2 nitrogen and oxygen atoms in total. The van der Waals surface area contributed by atoms with Crippen molar-refractivity contribution in [2.45, 2.75) is 79.1 Å². The zero-order valence-corrected chi connectivity index (χ0v) is 16.3. The van der Waals surface area contributed by atoms with Gasteiger partial charge in [0, 0.05) is 13.1 Å². The van der Waals surface area contributed by atoms with Crippen molar-refractivity contribution in [3.05, 3.63) is 0 Å². The molecular weight excluding hydrogens is 326 g/mol. The van der Waals surface area contributed by atoms with Crippen molar-refractivity contribution in [1.29, 1.82) is 0 Å². The first-order valence-electron chi connectivity index (χ1n) is 8.96. The molecule has 0 saturated heterocycles. The molecule has 0 aromatic rings. The van der Waals surface area contributed by atoms with Gasteiger partial charge in [0.25, 0.3) is 0 Å². The molecule has 0 heterocycles. The van der Waals surface area contributed by atoms with Gasteiger partial charge in [0.1, 0.15) is 0 Å². The van der Waals surface area contributed by atoms with Crippen LogP contribution in [0.1, 0.15) is 79.1 Å². The highest BCUT2D eigenvalue weighted by Gasteiger charge is 2.20. The molecule has 0 fully saturated rings. The summed E-state index contributed by atoms with van der Waals surface area (Å²) in [5.74, 6) is 1.59. The minimum atomic E-state index is 0.264. The molecule has 0 aromatic heterocycles. The SMILES string of the molecule is CCCCC(CC)CN(CC(CC)CCCC)C(=O)CBr. The molecule has 2 unspecified atom stereocenters. The van der Waals surface area contributed by atoms with E-state index in [0.29, 0.717) is 17.2 Å². The summed E-state index contributed by atoms with van der Waals surface area (Å²) >= 11 is 3.35. The molecule has 0 spiro atoms. The van der Waals surface area contributed by atoms with Gasteiger partial charge in [-0.3, -0.25) is 4.79 Å². The van der Waals surface area contributed by atoms with Crippen molar-refractivity contribution in [1.82, 2.24) is 4.90 Å². The van der Waals surface area contributed by atoms with Crippen molar-refractivity contribution in [3.8, 4) is 0 Å². The van der Waals surface area contributed by atoms with E-state index in [0.717, 1.165) is 13.1 Å². The Morgan fingerprint density at radius 2 is 1.33 bits per heavy atom. The number of rotatable bonds is 13. The van der Waals surface area contributed by atoms with E-state index in [1.165, 1.54) is 51.4 Å². The van der Waals surface area contributed by atoms with Crippen molar-refractivity contribution in [3.63, 3.8) is 0 Å². The standard InChI is InChI=1S/C18H36BrNO/c1-5-9-11-16(7-3)14-20(18(21)13-19)15-17(8-4)12-10-6-2/h16-17H,5-15H2,1-4H3. The molecule has 126 valence electrons. The van der Waals surface area contributed by atoms with Crippen LogP contribution in [-0.2, 0) is 4.79 Å². The average Bonchev–Trinajstić information content (AvgIpc) is 2.52. The Morgan fingerprint density at radius 3 is 1.62 bits per heavy atom. The second-order valence-electron chi connectivity index (χ2n) is 6.27. The largest absolute Gasteiger partial charge is 0.341 e. The molecule has 0 saturated carbocycles. The molecular formula is C18H36BrNO. The first kappa shape index (κ1) is 20.9. The van der Waals surface area contributed by atoms with Crippen LogP contribution >= 0.6 is 15.9 Å². The number of hydrogen-bond donors (Lipinski definition) is 0. The zero-order chi connectivity index (χ0) is 16.1. The normalized spacial score (nSPS) is 14.0. The first-order valence-corrected chi connectivity index (χ1v) is 10.1. The Hall–Kier alpha value is -0.0500. The van der Waals surface area contributed by atoms with Crippen molar-refractivity contribution >= 4 is 21.8 Å². The Labute approximate surface area is 141 Å². The summed E-state index contributed by atoms with van der Waals surface area (Å²) < 4.78 is 0. The number of nitrogens with zero attached hydrogens (tertiary/aromatic N) is 1. The highest BCUT2D eigenvalue weighted by molar-refractivity contribution is 9.09. The second-order valence-corrected chi connectivity index (χ2v) is 6.83. The molecule has 0 rings (SSSR count). The Morgan fingerprint density at radius 1 is 0.905 bits per heavy atom. The number of alkyl halides is 1. The van der Waals surface area contributed by atoms with Crippen LogP contribution in [0.2, 0.25) is 0 Å². The van der Waals surface area contributed by atoms with E-state index in [1.807, 2.05) is 0 Å². The van der Waals surface area contributed by atoms with Crippen molar-refractivity contribution in [2.75, 3.05) is 18.4 Å². The molecule has 0 aliphatic carbocycles. The van der Waals surface area contributed by atoms with Gasteiger partial charge in [0.2, 0.25) is 5.91 Å². The maximum atomic E-state index is 12.2. The molecule has 3 heteroatoms. The molecule has 0 aliphatic heterocycles. The fourth-order valence-corrected chi connectivity index (χ4v) is 3.18. The lowest BCUT2D eigenvalue weighted by molar-refractivity contribution is -0.129. The third-order valence-electron chi connectivity index (χ3n) is 4.51. The van der Waals surface area contributed by atoms with E-state index in [2.05, 4.69) is 48.5 Å². The number of carbonyl (C=O) groups is 1. The molecule has 0 bridgehead atoms. The van der Waals surface area contributed by atoms with Crippen LogP contribution in [-0.4, -0.2) is 29.2 Å². The van der Waals surface area contributed by atoms with Crippen molar-refractivity contribution < 1.29 is 4.79 Å². The molecule has 0 aliphatic rings. The van der Waals surface area contributed by atoms with E-state index in [-0.39, 0.29) is 5.91 Å². The summed E-state index contributed by atoms with van der Waals surface area (Å²) in [7, 11) is 0. The minimum Gasteiger partial charge on any atom is -0.341 e. The average molecular weight is 362 g/mol. The molecule has 21 heavy (non-hydrogen) atoms. The molecule has 2 atom stereocenters. The fraction of sp³-hybridized carbons (Fsp3) is 0.944. The number of unbranched alkanes of at least 4 members (excludes halogenated alkanes) is 2. The third-order valence-corrected chi connectivity index (χ3v) is 4.99. The van der Waals surface area contributed by atoms with Crippen LogP contribution in [0.25, 0.3) is 0 Å². The number of carbonyl (C=O) groups excluding carboxylic acids is 1. The Bertz CT molecular complexity index is 240. The Balaban J connectivity index is 4.57.